The molecule has 0 aliphatic heterocycles. The molecule has 2 heterocycles. The quantitative estimate of drug-likeness (QED) is 0.442. The van der Waals surface area contributed by atoms with Crippen LogP contribution in [0.25, 0.3) is 22.7 Å². The highest BCUT2D eigenvalue weighted by molar-refractivity contribution is 7.98. The first-order valence-electron chi connectivity index (χ1n) is 8.52. The minimum atomic E-state index is -0.342. The van der Waals surface area contributed by atoms with Crippen LogP contribution < -0.4 is 0 Å². The number of aromatic nitrogens is 4. The zero-order chi connectivity index (χ0) is 19.7. The van der Waals surface area contributed by atoms with Crippen LogP contribution in [-0.2, 0) is 12.8 Å². The van der Waals surface area contributed by atoms with E-state index in [1.807, 2.05) is 6.92 Å². The van der Waals surface area contributed by atoms with E-state index >= 15 is 0 Å². The van der Waals surface area contributed by atoms with Crippen molar-refractivity contribution in [1.82, 2.24) is 19.9 Å². The van der Waals surface area contributed by atoms with Crippen molar-refractivity contribution in [3.8, 4) is 22.7 Å². The predicted molar refractivity (Wildman–Crippen MR) is 103 cm³/mol. The summed E-state index contributed by atoms with van der Waals surface area (Å²) >= 11 is 1.43. The summed E-state index contributed by atoms with van der Waals surface area (Å²) in [7, 11) is 1.80. The fourth-order valence-corrected chi connectivity index (χ4v) is 3.74. The average molecular weight is 398 g/mol. The Bertz CT molecular complexity index is 1120. The Morgan fingerprint density at radius 1 is 1.04 bits per heavy atom. The first-order valence-corrected chi connectivity index (χ1v) is 9.51. The zero-order valence-electron chi connectivity index (χ0n) is 15.2. The largest absolute Gasteiger partial charge is 0.356 e. The van der Waals surface area contributed by atoms with Crippen LogP contribution in [0.2, 0.25) is 0 Å². The van der Waals surface area contributed by atoms with Crippen LogP contribution in [0, 0.1) is 18.6 Å². The third kappa shape index (κ3) is 3.43. The van der Waals surface area contributed by atoms with Crippen LogP contribution in [0.3, 0.4) is 0 Å². The van der Waals surface area contributed by atoms with Gasteiger partial charge in [-0.3, -0.25) is 0 Å². The number of hydrogen-bond acceptors (Lipinski definition) is 5. The zero-order valence-corrected chi connectivity index (χ0v) is 16.0. The Labute approximate surface area is 164 Å². The lowest BCUT2D eigenvalue weighted by Crippen LogP contribution is -1.97. The summed E-state index contributed by atoms with van der Waals surface area (Å²) in [4.78, 5) is 0. The van der Waals surface area contributed by atoms with Crippen LogP contribution in [0.1, 0.15) is 11.3 Å². The van der Waals surface area contributed by atoms with Crippen molar-refractivity contribution in [2.24, 2.45) is 7.05 Å². The van der Waals surface area contributed by atoms with E-state index in [-0.39, 0.29) is 11.6 Å². The highest BCUT2D eigenvalue weighted by Gasteiger charge is 2.17. The van der Waals surface area contributed by atoms with Crippen LogP contribution in [0.15, 0.2) is 58.2 Å². The number of hydrogen-bond donors (Lipinski definition) is 0. The fraction of sp³-hybridized carbons (Fsp3) is 0.150. The summed E-state index contributed by atoms with van der Waals surface area (Å²) in [5, 5.41) is 13.1. The van der Waals surface area contributed by atoms with Crippen LogP contribution in [0.5, 0.6) is 0 Å². The molecule has 0 unspecified atom stereocenters. The van der Waals surface area contributed by atoms with Crippen molar-refractivity contribution in [2.45, 2.75) is 17.8 Å². The highest BCUT2D eigenvalue weighted by atomic mass is 32.2. The van der Waals surface area contributed by atoms with Gasteiger partial charge in [-0.1, -0.05) is 29.1 Å². The van der Waals surface area contributed by atoms with Crippen LogP contribution in [-0.4, -0.2) is 19.9 Å². The summed E-state index contributed by atoms with van der Waals surface area (Å²) in [6.07, 6.45) is 0. The number of rotatable bonds is 5. The molecule has 0 N–H and O–H groups in total. The Balaban J connectivity index is 1.53. The second-order valence-corrected chi connectivity index (χ2v) is 7.17. The number of benzene rings is 2. The molecular weight excluding hydrogens is 382 g/mol. The topological polar surface area (TPSA) is 56.7 Å². The molecule has 0 fully saturated rings. The molecule has 0 spiro atoms. The van der Waals surface area contributed by atoms with Gasteiger partial charge in [-0.15, -0.1) is 10.2 Å². The smallest absolute Gasteiger partial charge is 0.191 e. The molecule has 142 valence electrons. The Morgan fingerprint density at radius 3 is 2.54 bits per heavy atom. The third-order valence-corrected chi connectivity index (χ3v) is 5.45. The van der Waals surface area contributed by atoms with E-state index in [1.54, 1.807) is 41.9 Å². The lowest BCUT2D eigenvalue weighted by atomic mass is 10.1. The maximum atomic E-state index is 14.0. The lowest BCUT2D eigenvalue weighted by molar-refractivity contribution is 0.426. The SMILES string of the molecule is Cc1c(CSc2nnc(-c3ccccc3F)n2C)noc1-c1ccc(F)cc1. The van der Waals surface area contributed by atoms with Gasteiger partial charge in [-0.05, 0) is 43.3 Å². The molecule has 2 aromatic carbocycles. The molecule has 0 bridgehead atoms. The molecule has 28 heavy (non-hydrogen) atoms. The van der Waals surface area contributed by atoms with E-state index < -0.39 is 0 Å². The molecule has 0 atom stereocenters. The minimum absolute atomic E-state index is 0.301. The highest BCUT2D eigenvalue weighted by Crippen LogP contribution is 2.31. The third-order valence-electron chi connectivity index (χ3n) is 4.41. The standard InChI is InChI=1S/C20H16F2N4OS/c1-12-17(25-27-18(12)13-7-9-14(21)10-8-13)11-28-20-24-23-19(26(20)2)15-5-3-4-6-16(15)22/h3-10H,11H2,1-2H3. The molecule has 4 aromatic rings. The van der Waals surface area contributed by atoms with E-state index in [0.717, 1.165) is 16.8 Å². The minimum Gasteiger partial charge on any atom is -0.356 e. The van der Waals surface area contributed by atoms with Crippen LogP contribution >= 0.6 is 11.8 Å². The number of nitrogens with zero attached hydrogens (tertiary/aromatic N) is 4. The van der Waals surface area contributed by atoms with Gasteiger partial charge in [-0.25, -0.2) is 8.78 Å². The molecule has 0 aliphatic carbocycles. The van der Waals surface area contributed by atoms with Gasteiger partial charge >= 0.3 is 0 Å². The van der Waals surface area contributed by atoms with E-state index in [4.69, 9.17) is 4.52 Å². The molecule has 0 saturated carbocycles. The second kappa shape index (κ2) is 7.55. The summed E-state index contributed by atoms with van der Waals surface area (Å²) in [5.74, 6) is 0.945. The van der Waals surface area contributed by atoms with Crippen molar-refractivity contribution < 1.29 is 13.3 Å². The number of halogens is 2. The van der Waals surface area contributed by atoms with Gasteiger partial charge in [0.1, 0.15) is 11.6 Å². The average Bonchev–Trinajstić information content (AvgIpc) is 3.24. The fourth-order valence-electron chi connectivity index (χ4n) is 2.82. The van der Waals surface area contributed by atoms with Crippen molar-refractivity contribution in [3.05, 3.63) is 71.4 Å². The molecule has 5 nitrogen and oxygen atoms in total. The van der Waals surface area contributed by atoms with E-state index in [1.165, 1.54) is 30.0 Å². The van der Waals surface area contributed by atoms with Gasteiger partial charge in [0.25, 0.3) is 0 Å². The van der Waals surface area contributed by atoms with E-state index in [9.17, 15) is 8.78 Å². The monoisotopic (exact) mass is 398 g/mol. The summed E-state index contributed by atoms with van der Waals surface area (Å²) in [5.41, 5.74) is 2.82. The van der Waals surface area contributed by atoms with Gasteiger partial charge in [0.05, 0.1) is 11.3 Å². The molecule has 4 rings (SSSR count). The van der Waals surface area contributed by atoms with Gasteiger partial charge in [0.15, 0.2) is 16.7 Å². The molecule has 2 aromatic heterocycles. The van der Waals surface area contributed by atoms with Gasteiger partial charge in [0, 0.05) is 23.9 Å². The maximum Gasteiger partial charge on any atom is 0.191 e. The maximum absolute atomic E-state index is 14.0. The molecule has 8 heteroatoms. The summed E-state index contributed by atoms with van der Waals surface area (Å²) < 4.78 is 34.3. The molecule has 0 amide bonds. The first-order chi connectivity index (χ1) is 13.5. The normalized spacial score (nSPS) is 11.1. The van der Waals surface area contributed by atoms with Crippen molar-refractivity contribution in [2.75, 3.05) is 0 Å². The summed E-state index contributed by atoms with van der Waals surface area (Å²) in [6, 6.07) is 12.5. The van der Waals surface area contributed by atoms with Crippen LogP contribution in [0.4, 0.5) is 8.78 Å². The van der Waals surface area contributed by atoms with E-state index in [0.29, 0.717) is 28.1 Å². The molecule has 0 aliphatic rings. The second-order valence-electron chi connectivity index (χ2n) is 6.22. The van der Waals surface area contributed by atoms with Gasteiger partial charge < -0.3 is 9.09 Å². The molecule has 0 radical (unpaired) electrons. The number of thioether (sulfide) groups is 1. The van der Waals surface area contributed by atoms with Crippen molar-refractivity contribution in [1.29, 1.82) is 0 Å². The van der Waals surface area contributed by atoms with Gasteiger partial charge in [-0.2, -0.15) is 0 Å². The van der Waals surface area contributed by atoms with E-state index in [2.05, 4.69) is 15.4 Å². The first kappa shape index (κ1) is 18.4. The molecule has 0 saturated heterocycles. The molecular formula is C20H16F2N4OS. The Hall–Kier alpha value is -3.00. The summed E-state index contributed by atoms with van der Waals surface area (Å²) in [6.45, 7) is 1.91. The lowest BCUT2D eigenvalue weighted by Gasteiger charge is -2.04. The predicted octanol–water partition coefficient (Wildman–Crippen LogP) is 5.02. The van der Waals surface area contributed by atoms with Gasteiger partial charge in [0.2, 0.25) is 0 Å². The Kier molecular flexibility index (Phi) is 4.95. The Morgan fingerprint density at radius 2 is 1.79 bits per heavy atom. The van der Waals surface area contributed by atoms with Crippen molar-refractivity contribution >= 4 is 11.8 Å². The van der Waals surface area contributed by atoms with Crippen molar-refractivity contribution in [3.63, 3.8) is 0 Å².